The monoisotopic (exact) mass is 463 g/mol. The Bertz CT molecular complexity index is 1040. The minimum atomic E-state index is -0.163. The maximum absolute atomic E-state index is 13.0. The Morgan fingerprint density at radius 3 is 2.65 bits per heavy atom. The van der Waals surface area contributed by atoms with E-state index in [1.165, 1.54) is 0 Å². The molecule has 1 aromatic heterocycles. The van der Waals surface area contributed by atoms with Crippen molar-refractivity contribution in [3.8, 4) is 6.07 Å². The molecule has 1 aromatic carbocycles. The first-order valence-corrected chi connectivity index (χ1v) is 12.3. The molecule has 2 atom stereocenters. The summed E-state index contributed by atoms with van der Waals surface area (Å²) in [4.78, 5) is 27.8. The van der Waals surface area contributed by atoms with E-state index >= 15 is 0 Å². The van der Waals surface area contributed by atoms with E-state index in [-0.39, 0.29) is 30.3 Å². The molecule has 1 aliphatic heterocycles. The molecule has 34 heavy (non-hydrogen) atoms. The van der Waals surface area contributed by atoms with Crippen molar-refractivity contribution in [1.29, 1.82) is 5.26 Å². The lowest BCUT2D eigenvalue weighted by molar-refractivity contribution is -0.128. The van der Waals surface area contributed by atoms with E-state index in [0.717, 1.165) is 49.0 Å². The van der Waals surface area contributed by atoms with Gasteiger partial charge in [-0.25, -0.2) is 0 Å². The van der Waals surface area contributed by atoms with E-state index in [9.17, 15) is 14.9 Å². The van der Waals surface area contributed by atoms with Crippen LogP contribution >= 0.6 is 0 Å². The Labute approximate surface area is 203 Å². The zero-order valence-corrected chi connectivity index (χ0v) is 20.9. The highest BCUT2D eigenvalue weighted by molar-refractivity contribution is 5.93. The molecule has 2 amide bonds. The molecule has 182 valence electrons. The van der Waals surface area contributed by atoms with E-state index in [1.54, 1.807) is 0 Å². The van der Waals surface area contributed by atoms with Gasteiger partial charge in [-0.3, -0.25) is 14.5 Å². The zero-order chi connectivity index (χ0) is 24.7. The quantitative estimate of drug-likeness (QED) is 0.589. The first-order chi connectivity index (χ1) is 16.3. The lowest BCUT2D eigenvalue weighted by Gasteiger charge is -2.32. The summed E-state index contributed by atoms with van der Waals surface area (Å²) in [6.07, 6.45) is 3.74. The minimum absolute atomic E-state index is 0.0841. The molecule has 7 nitrogen and oxygen atoms in total. The molecule has 0 spiro atoms. The standard InChI is InChI=1S/C27H37N5O2/c1-5-10-19(2)29-27(34)23-13-9-14-31(17-23)18-25(33)30-26-24(15-28)20(3)21(4)32(26)16-22-11-7-6-8-12-22/h6-8,11-12,19,23H,5,9-10,13-14,16-18H2,1-4H3,(H,29,34)(H,30,33). The number of nitrogens with zero attached hydrogens (tertiary/aromatic N) is 3. The third kappa shape index (κ3) is 6.27. The predicted molar refractivity (Wildman–Crippen MR) is 134 cm³/mol. The average Bonchev–Trinajstić information content (AvgIpc) is 3.03. The SMILES string of the molecule is CCCC(C)NC(=O)C1CCCN(CC(=O)Nc2c(C#N)c(C)c(C)n2Cc2ccccc2)C1. The summed E-state index contributed by atoms with van der Waals surface area (Å²) in [7, 11) is 0. The van der Waals surface area contributed by atoms with Crippen LogP contribution in [0.2, 0.25) is 0 Å². The van der Waals surface area contributed by atoms with Crippen molar-refractivity contribution in [2.45, 2.75) is 66.0 Å². The van der Waals surface area contributed by atoms with E-state index < -0.39 is 0 Å². The van der Waals surface area contributed by atoms with Crippen LogP contribution in [0.5, 0.6) is 0 Å². The molecule has 2 heterocycles. The molecule has 7 heteroatoms. The lowest BCUT2D eigenvalue weighted by Crippen LogP contribution is -2.47. The first-order valence-electron chi connectivity index (χ1n) is 12.3. The maximum atomic E-state index is 13.0. The van der Waals surface area contributed by atoms with Crippen molar-refractivity contribution in [1.82, 2.24) is 14.8 Å². The van der Waals surface area contributed by atoms with Crippen molar-refractivity contribution < 1.29 is 9.59 Å². The van der Waals surface area contributed by atoms with Crippen LogP contribution in [0.3, 0.4) is 0 Å². The molecule has 1 fully saturated rings. The van der Waals surface area contributed by atoms with E-state index in [0.29, 0.717) is 24.5 Å². The molecule has 3 rings (SSSR count). The largest absolute Gasteiger partial charge is 0.353 e. The van der Waals surface area contributed by atoms with E-state index in [2.05, 4.69) is 23.6 Å². The average molecular weight is 464 g/mol. The Kier molecular flexibility index (Phi) is 8.89. The Hall–Kier alpha value is -3.11. The van der Waals surface area contributed by atoms with Crippen molar-refractivity contribution >= 4 is 17.6 Å². The summed E-state index contributed by atoms with van der Waals surface area (Å²) >= 11 is 0. The lowest BCUT2D eigenvalue weighted by atomic mass is 9.96. The van der Waals surface area contributed by atoms with Gasteiger partial charge in [0.2, 0.25) is 11.8 Å². The summed E-state index contributed by atoms with van der Waals surface area (Å²) in [6, 6.07) is 12.4. The van der Waals surface area contributed by atoms with Crippen molar-refractivity contribution in [2.24, 2.45) is 5.92 Å². The van der Waals surface area contributed by atoms with Crippen molar-refractivity contribution in [3.63, 3.8) is 0 Å². The van der Waals surface area contributed by atoms with Gasteiger partial charge in [0, 0.05) is 24.8 Å². The number of anilines is 1. The topological polar surface area (TPSA) is 90.2 Å². The van der Waals surface area contributed by atoms with Crippen LogP contribution in [0.25, 0.3) is 0 Å². The van der Waals surface area contributed by atoms with Gasteiger partial charge in [-0.1, -0.05) is 43.7 Å². The van der Waals surface area contributed by atoms with Gasteiger partial charge in [0.05, 0.1) is 18.0 Å². The zero-order valence-electron chi connectivity index (χ0n) is 20.9. The summed E-state index contributed by atoms with van der Waals surface area (Å²) in [5.41, 5.74) is 3.45. The summed E-state index contributed by atoms with van der Waals surface area (Å²) in [5, 5.41) is 15.9. The molecular formula is C27H37N5O2. The van der Waals surface area contributed by atoms with Gasteiger partial charge in [0.15, 0.2) is 0 Å². The predicted octanol–water partition coefficient (Wildman–Crippen LogP) is 3.98. The molecule has 1 aliphatic rings. The van der Waals surface area contributed by atoms with Crippen LogP contribution in [-0.2, 0) is 16.1 Å². The van der Waals surface area contributed by atoms with Gasteiger partial charge >= 0.3 is 0 Å². The number of rotatable bonds is 9. The Morgan fingerprint density at radius 1 is 1.24 bits per heavy atom. The van der Waals surface area contributed by atoms with E-state index in [4.69, 9.17) is 0 Å². The van der Waals surface area contributed by atoms with Crippen LogP contribution in [0.4, 0.5) is 5.82 Å². The third-order valence-corrected chi connectivity index (χ3v) is 6.74. The molecule has 0 radical (unpaired) electrons. The second-order valence-electron chi connectivity index (χ2n) is 9.44. The molecule has 2 N–H and O–H groups in total. The minimum Gasteiger partial charge on any atom is -0.353 e. The fraction of sp³-hybridized carbons (Fsp3) is 0.519. The second kappa shape index (κ2) is 11.8. The summed E-state index contributed by atoms with van der Waals surface area (Å²) < 4.78 is 2.00. The fourth-order valence-electron chi connectivity index (χ4n) is 4.75. The summed E-state index contributed by atoms with van der Waals surface area (Å²) in [5.74, 6) is 0.373. The number of benzene rings is 1. The molecule has 1 saturated heterocycles. The number of amides is 2. The number of likely N-dealkylation sites (tertiary alicyclic amines) is 1. The second-order valence-corrected chi connectivity index (χ2v) is 9.44. The van der Waals surface area contributed by atoms with Crippen LogP contribution in [0.15, 0.2) is 30.3 Å². The van der Waals surface area contributed by atoms with Gasteiger partial charge < -0.3 is 15.2 Å². The van der Waals surface area contributed by atoms with Crippen molar-refractivity contribution in [2.75, 3.05) is 25.0 Å². The molecular weight excluding hydrogens is 426 g/mol. The maximum Gasteiger partial charge on any atom is 0.239 e. The smallest absolute Gasteiger partial charge is 0.239 e. The number of hydrogen-bond acceptors (Lipinski definition) is 4. The Balaban J connectivity index is 1.68. The van der Waals surface area contributed by atoms with Crippen LogP contribution < -0.4 is 10.6 Å². The van der Waals surface area contributed by atoms with Gasteiger partial charge in [-0.05, 0) is 57.7 Å². The number of piperidine rings is 1. The highest BCUT2D eigenvalue weighted by Crippen LogP contribution is 2.27. The number of nitriles is 1. The van der Waals surface area contributed by atoms with Crippen LogP contribution in [-0.4, -0.2) is 47.0 Å². The number of carbonyl (C=O) groups is 2. The van der Waals surface area contributed by atoms with Crippen molar-refractivity contribution in [3.05, 3.63) is 52.7 Å². The molecule has 0 aliphatic carbocycles. The fourth-order valence-corrected chi connectivity index (χ4v) is 4.75. The highest BCUT2D eigenvalue weighted by atomic mass is 16.2. The van der Waals surface area contributed by atoms with Crippen LogP contribution in [0.1, 0.15) is 61.9 Å². The van der Waals surface area contributed by atoms with Crippen LogP contribution in [0, 0.1) is 31.1 Å². The van der Waals surface area contributed by atoms with Gasteiger partial charge in [-0.2, -0.15) is 5.26 Å². The van der Waals surface area contributed by atoms with Gasteiger partial charge in [-0.15, -0.1) is 0 Å². The number of nitrogens with one attached hydrogen (secondary N) is 2. The van der Waals surface area contributed by atoms with Gasteiger partial charge in [0.1, 0.15) is 11.9 Å². The number of carbonyl (C=O) groups excluding carboxylic acids is 2. The summed E-state index contributed by atoms with van der Waals surface area (Å²) in [6.45, 7) is 10.2. The first kappa shape index (κ1) is 25.5. The van der Waals surface area contributed by atoms with Gasteiger partial charge in [0.25, 0.3) is 0 Å². The highest BCUT2D eigenvalue weighted by Gasteiger charge is 2.28. The normalized spacial score (nSPS) is 17.1. The molecule has 0 saturated carbocycles. The molecule has 2 aromatic rings. The third-order valence-electron chi connectivity index (χ3n) is 6.74. The molecule has 0 bridgehead atoms. The number of aromatic nitrogens is 1. The number of hydrogen-bond donors (Lipinski definition) is 2. The Morgan fingerprint density at radius 2 is 1.97 bits per heavy atom. The van der Waals surface area contributed by atoms with E-state index in [1.807, 2.05) is 60.6 Å². The molecule has 2 unspecified atom stereocenters.